The highest BCUT2D eigenvalue weighted by molar-refractivity contribution is 6.39. The molecule has 1 radical (unpaired) electrons. The van der Waals surface area contributed by atoms with E-state index in [0.717, 1.165) is 23.5 Å². The van der Waals surface area contributed by atoms with Crippen LogP contribution in [-0.2, 0) is 0 Å². The summed E-state index contributed by atoms with van der Waals surface area (Å²) in [6.07, 6.45) is 7.28. The Balaban J connectivity index is 2.33. The summed E-state index contributed by atoms with van der Waals surface area (Å²) >= 11 is 0. The first kappa shape index (κ1) is 12.1. The molecule has 1 aliphatic rings. The Morgan fingerprint density at radius 1 is 0.929 bits per heavy atom. The Bertz CT molecular complexity index is 151. The minimum atomic E-state index is 0.774. The Morgan fingerprint density at radius 3 is 2.21 bits per heavy atom. The van der Waals surface area contributed by atoms with Crippen molar-refractivity contribution in [2.45, 2.75) is 71.4 Å². The van der Waals surface area contributed by atoms with Crippen molar-refractivity contribution >= 4 is 7.28 Å². The lowest BCUT2D eigenvalue weighted by Crippen LogP contribution is -2.08. The molecule has 0 heterocycles. The Labute approximate surface area is 91.1 Å². The van der Waals surface area contributed by atoms with Crippen molar-refractivity contribution in [3.05, 3.63) is 0 Å². The van der Waals surface area contributed by atoms with Crippen molar-refractivity contribution in [3.63, 3.8) is 0 Å². The molecule has 1 aliphatic carbocycles. The van der Waals surface area contributed by atoms with Crippen LogP contribution in [0.1, 0.15) is 59.8 Å². The van der Waals surface area contributed by atoms with E-state index in [0.29, 0.717) is 0 Å². The Morgan fingerprint density at radius 2 is 1.64 bits per heavy atom. The molecule has 0 N–H and O–H groups in total. The zero-order chi connectivity index (χ0) is 10.6. The van der Waals surface area contributed by atoms with E-state index in [1.54, 1.807) is 0 Å². The smallest absolute Gasteiger partial charge is 0.0742 e. The molecule has 14 heavy (non-hydrogen) atoms. The van der Waals surface area contributed by atoms with Crippen LogP contribution >= 0.6 is 0 Å². The maximum Gasteiger partial charge on any atom is 0.117 e. The van der Waals surface area contributed by atoms with Gasteiger partial charge in [-0.05, 0) is 11.8 Å². The average molecular weight is 193 g/mol. The van der Waals surface area contributed by atoms with Crippen LogP contribution in [0, 0.1) is 11.8 Å². The summed E-state index contributed by atoms with van der Waals surface area (Å²) in [5, 5.41) is 0. The second kappa shape index (κ2) is 5.83. The highest BCUT2D eigenvalue weighted by Crippen LogP contribution is 2.35. The molecule has 0 aromatic heterocycles. The predicted octanol–water partition coefficient (Wildman–Crippen LogP) is 4.54. The number of hydrogen-bond acceptors (Lipinski definition) is 0. The summed E-state index contributed by atoms with van der Waals surface area (Å²) < 4.78 is 0. The molecule has 1 heteroatoms. The van der Waals surface area contributed by atoms with E-state index in [1.165, 1.54) is 32.1 Å². The van der Waals surface area contributed by atoms with Crippen molar-refractivity contribution in [1.29, 1.82) is 0 Å². The zero-order valence-corrected chi connectivity index (χ0v) is 10.4. The fourth-order valence-corrected chi connectivity index (χ4v) is 2.76. The van der Waals surface area contributed by atoms with Crippen molar-refractivity contribution < 1.29 is 0 Å². The molecule has 0 bridgehead atoms. The van der Waals surface area contributed by atoms with E-state index in [2.05, 4.69) is 35.0 Å². The molecule has 2 atom stereocenters. The minimum Gasteiger partial charge on any atom is -0.0742 e. The zero-order valence-electron chi connectivity index (χ0n) is 10.4. The van der Waals surface area contributed by atoms with Gasteiger partial charge in [0.2, 0.25) is 0 Å². The van der Waals surface area contributed by atoms with Gasteiger partial charge in [-0.3, -0.25) is 0 Å². The lowest BCUT2D eigenvalue weighted by atomic mass is 9.54. The molecule has 1 saturated carbocycles. The molecule has 0 aromatic carbocycles. The first-order valence-electron chi connectivity index (χ1n) is 6.44. The van der Waals surface area contributed by atoms with E-state index in [1.807, 2.05) is 0 Å². The van der Waals surface area contributed by atoms with Crippen molar-refractivity contribution in [2.24, 2.45) is 11.8 Å². The molecule has 0 saturated heterocycles. The first-order chi connectivity index (χ1) is 6.59. The molecule has 0 aliphatic heterocycles. The lowest BCUT2D eigenvalue weighted by Gasteiger charge is -2.18. The first-order valence-corrected chi connectivity index (χ1v) is 6.44. The van der Waals surface area contributed by atoms with Crippen molar-refractivity contribution in [3.8, 4) is 0 Å². The largest absolute Gasteiger partial charge is 0.117 e. The fourth-order valence-electron chi connectivity index (χ4n) is 2.76. The van der Waals surface area contributed by atoms with Crippen LogP contribution in [-0.4, -0.2) is 7.28 Å². The summed E-state index contributed by atoms with van der Waals surface area (Å²) in [5.74, 6) is 3.59. The van der Waals surface area contributed by atoms with Crippen LogP contribution in [0.4, 0.5) is 0 Å². The van der Waals surface area contributed by atoms with Gasteiger partial charge in [0.25, 0.3) is 0 Å². The second-order valence-corrected chi connectivity index (χ2v) is 5.71. The summed E-state index contributed by atoms with van der Waals surface area (Å²) in [4.78, 5) is 0. The number of rotatable bonds is 3. The van der Waals surface area contributed by atoms with Crippen LogP contribution in [0.25, 0.3) is 0 Å². The van der Waals surface area contributed by atoms with Gasteiger partial charge in [0.1, 0.15) is 7.28 Å². The Kier molecular flexibility index (Phi) is 5.05. The lowest BCUT2D eigenvalue weighted by molar-refractivity contribution is 0.342. The van der Waals surface area contributed by atoms with Gasteiger partial charge in [0.15, 0.2) is 0 Å². The molecule has 1 fully saturated rings. The van der Waals surface area contributed by atoms with Crippen LogP contribution in [0.5, 0.6) is 0 Å². The minimum absolute atomic E-state index is 0.774. The predicted molar refractivity (Wildman–Crippen MR) is 66.0 cm³/mol. The van der Waals surface area contributed by atoms with Crippen LogP contribution < -0.4 is 0 Å². The van der Waals surface area contributed by atoms with E-state index >= 15 is 0 Å². The third kappa shape index (κ3) is 4.06. The van der Waals surface area contributed by atoms with Crippen molar-refractivity contribution in [1.82, 2.24) is 0 Å². The molecular formula is C13H26B. The summed E-state index contributed by atoms with van der Waals surface area (Å²) in [7, 11) is 2.57. The summed E-state index contributed by atoms with van der Waals surface area (Å²) in [6.45, 7) is 9.39. The Hall–Kier alpha value is 0.0649. The second-order valence-electron chi connectivity index (χ2n) is 5.71. The van der Waals surface area contributed by atoms with E-state index in [-0.39, 0.29) is 0 Å². The van der Waals surface area contributed by atoms with Crippen LogP contribution in [0.3, 0.4) is 0 Å². The van der Waals surface area contributed by atoms with Gasteiger partial charge in [-0.2, -0.15) is 0 Å². The maximum absolute atomic E-state index is 2.57. The van der Waals surface area contributed by atoms with Crippen LogP contribution in [0.15, 0.2) is 0 Å². The highest BCUT2D eigenvalue weighted by Gasteiger charge is 2.21. The molecular weight excluding hydrogens is 167 g/mol. The molecule has 0 spiro atoms. The van der Waals surface area contributed by atoms with Gasteiger partial charge >= 0.3 is 0 Å². The van der Waals surface area contributed by atoms with Gasteiger partial charge in [-0.25, -0.2) is 0 Å². The standard InChI is InChI=1S/C13H26B/c1-10(2)12-6-5-7-13(9-8-12)14-11(3)4/h10-13H,5-9H2,1-4H3. The van der Waals surface area contributed by atoms with Gasteiger partial charge in [-0.15, -0.1) is 0 Å². The van der Waals surface area contributed by atoms with Gasteiger partial charge in [0.05, 0.1) is 0 Å². The summed E-state index contributed by atoms with van der Waals surface area (Å²) in [6, 6.07) is 0. The van der Waals surface area contributed by atoms with Crippen LogP contribution in [0.2, 0.25) is 11.6 Å². The fraction of sp³-hybridized carbons (Fsp3) is 1.00. The SMILES string of the molecule is CC(C)[B]C1CCCC(C(C)C)CC1. The molecule has 2 unspecified atom stereocenters. The third-order valence-electron chi connectivity index (χ3n) is 3.66. The quantitative estimate of drug-likeness (QED) is 0.455. The van der Waals surface area contributed by atoms with E-state index in [4.69, 9.17) is 0 Å². The molecule has 0 amide bonds. The molecule has 81 valence electrons. The van der Waals surface area contributed by atoms with E-state index in [9.17, 15) is 0 Å². The van der Waals surface area contributed by atoms with Gasteiger partial charge in [0, 0.05) is 0 Å². The van der Waals surface area contributed by atoms with Gasteiger partial charge in [-0.1, -0.05) is 71.4 Å². The topological polar surface area (TPSA) is 0 Å². The normalized spacial score (nSPS) is 29.3. The molecule has 0 aromatic rings. The number of hydrogen-bond donors (Lipinski definition) is 0. The highest BCUT2D eigenvalue weighted by atomic mass is 14.2. The average Bonchev–Trinajstić information content (AvgIpc) is 2.28. The molecule has 1 rings (SSSR count). The monoisotopic (exact) mass is 193 g/mol. The summed E-state index contributed by atoms with van der Waals surface area (Å²) in [5.41, 5.74) is 0. The molecule has 0 nitrogen and oxygen atoms in total. The van der Waals surface area contributed by atoms with Gasteiger partial charge < -0.3 is 0 Å². The third-order valence-corrected chi connectivity index (χ3v) is 3.66. The maximum atomic E-state index is 2.57. The van der Waals surface area contributed by atoms with Crippen molar-refractivity contribution in [2.75, 3.05) is 0 Å². The van der Waals surface area contributed by atoms with E-state index < -0.39 is 0 Å².